The molecule has 0 aromatic heterocycles. The van der Waals surface area contributed by atoms with Gasteiger partial charge in [-0.2, -0.15) is 0 Å². The summed E-state index contributed by atoms with van der Waals surface area (Å²) in [7, 11) is 1.74. The Morgan fingerprint density at radius 2 is 2.21 bits per heavy atom. The predicted octanol–water partition coefficient (Wildman–Crippen LogP) is 2.58. The lowest BCUT2D eigenvalue weighted by molar-refractivity contribution is -0.133. The van der Waals surface area contributed by atoms with Crippen LogP contribution in [0.5, 0.6) is 5.75 Å². The summed E-state index contributed by atoms with van der Waals surface area (Å²) in [5.74, 6) is 0.945. The number of benzene rings is 1. The maximum Gasteiger partial charge on any atom is 0.260 e. The minimum Gasteiger partial charge on any atom is -0.484 e. The molecule has 1 aromatic rings. The van der Waals surface area contributed by atoms with Gasteiger partial charge in [0.15, 0.2) is 6.61 Å². The molecule has 3 nitrogen and oxygen atoms in total. The molecule has 19 heavy (non-hydrogen) atoms. The van der Waals surface area contributed by atoms with E-state index in [-0.39, 0.29) is 12.5 Å². The Morgan fingerprint density at radius 3 is 2.84 bits per heavy atom. The highest BCUT2D eigenvalue weighted by Gasteiger charge is 2.30. The van der Waals surface area contributed by atoms with Gasteiger partial charge in [-0.25, -0.2) is 4.39 Å². The highest BCUT2D eigenvalue weighted by Crippen LogP contribution is 2.30. The third kappa shape index (κ3) is 3.94. The Hall–Kier alpha value is -1.58. The number of halogens is 1. The monoisotopic (exact) mass is 265 g/mol. The SMILES string of the molecule is Cc1cccc(OCC(=O)N(C)CC2CC(F)C2)c1. The second-order valence-electron chi connectivity index (χ2n) is 5.31. The van der Waals surface area contributed by atoms with Gasteiger partial charge < -0.3 is 9.64 Å². The van der Waals surface area contributed by atoms with E-state index in [0.717, 1.165) is 5.56 Å². The second kappa shape index (κ2) is 6.04. The molecule has 104 valence electrons. The number of amides is 1. The second-order valence-corrected chi connectivity index (χ2v) is 5.31. The molecule has 1 fully saturated rings. The molecular formula is C15H20FNO2. The number of carbonyl (C=O) groups excluding carboxylic acids is 1. The summed E-state index contributed by atoms with van der Waals surface area (Å²) >= 11 is 0. The van der Waals surface area contributed by atoms with Crippen LogP contribution in [-0.4, -0.2) is 37.2 Å². The molecule has 0 saturated heterocycles. The molecule has 0 bridgehead atoms. The van der Waals surface area contributed by atoms with Gasteiger partial charge in [0.2, 0.25) is 0 Å². The third-order valence-corrected chi connectivity index (χ3v) is 3.49. The van der Waals surface area contributed by atoms with E-state index in [2.05, 4.69) is 0 Å². The first-order chi connectivity index (χ1) is 9.04. The molecule has 0 radical (unpaired) electrons. The number of aryl methyl sites for hydroxylation is 1. The van der Waals surface area contributed by atoms with Crippen LogP contribution in [0.2, 0.25) is 0 Å². The van der Waals surface area contributed by atoms with E-state index in [0.29, 0.717) is 31.1 Å². The standard InChI is InChI=1S/C15H20FNO2/c1-11-4-3-5-14(6-11)19-10-15(18)17(2)9-12-7-13(16)8-12/h3-6,12-13H,7-10H2,1-2H3. The first-order valence-corrected chi connectivity index (χ1v) is 6.62. The van der Waals surface area contributed by atoms with Crippen LogP contribution in [0.1, 0.15) is 18.4 Å². The van der Waals surface area contributed by atoms with E-state index in [1.54, 1.807) is 11.9 Å². The van der Waals surface area contributed by atoms with E-state index >= 15 is 0 Å². The van der Waals surface area contributed by atoms with Crippen LogP contribution in [0.15, 0.2) is 24.3 Å². The Labute approximate surface area is 113 Å². The maximum absolute atomic E-state index is 12.7. The third-order valence-electron chi connectivity index (χ3n) is 3.49. The first kappa shape index (κ1) is 13.8. The van der Waals surface area contributed by atoms with Crippen molar-refractivity contribution in [2.24, 2.45) is 5.92 Å². The van der Waals surface area contributed by atoms with Crippen LogP contribution in [0, 0.1) is 12.8 Å². The van der Waals surface area contributed by atoms with Gasteiger partial charge in [-0.1, -0.05) is 12.1 Å². The fraction of sp³-hybridized carbons (Fsp3) is 0.533. The van der Waals surface area contributed by atoms with E-state index in [1.165, 1.54) is 0 Å². The van der Waals surface area contributed by atoms with Crippen molar-refractivity contribution in [2.75, 3.05) is 20.2 Å². The van der Waals surface area contributed by atoms with Crippen LogP contribution < -0.4 is 4.74 Å². The van der Waals surface area contributed by atoms with Gasteiger partial charge in [0, 0.05) is 13.6 Å². The molecule has 1 aliphatic carbocycles. The zero-order chi connectivity index (χ0) is 13.8. The number of ether oxygens (including phenoxy) is 1. The summed E-state index contributed by atoms with van der Waals surface area (Å²) < 4.78 is 18.2. The largest absolute Gasteiger partial charge is 0.484 e. The van der Waals surface area contributed by atoms with E-state index in [1.807, 2.05) is 31.2 Å². The minimum absolute atomic E-state index is 0.0335. The van der Waals surface area contributed by atoms with E-state index in [9.17, 15) is 9.18 Å². The number of alkyl halides is 1. The summed E-state index contributed by atoms with van der Waals surface area (Å²) in [4.78, 5) is 13.5. The number of likely N-dealkylation sites (N-methyl/N-ethyl adjacent to an activating group) is 1. The highest BCUT2D eigenvalue weighted by molar-refractivity contribution is 5.77. The summed E-state index contributed by atoms with van der Waals surface area (Å²) in [5.41, 5.74) is 1.10. The number of hydrogen-bond acceptors (Lipinski definition) is 2. The van der Waals surface area contributed by atoms with Crippen molar-refractivity contribution in [1.29, 1.82) is 0 Å². The van der Waals surface area contributed by atoms with Gasteiger partial charge in [0.25, 0.3) is 5.91 Å². The first-order valence-electron chi connectivity index (χ1n) is 6.62. The molecule has 2 rings (SSSR count). The molecule has 0 N–H and O–H groups in total. The van der Waals surface area contributed by atoms with Crippen molar-refractivity contribution in [3.8, 4) is 5.75 Å². The van der Waals surface area contributed by atoms with Gasteiger partial charge in [0.1, 0.15) is 11.9 Å². The zero-order valence-electron chi connectivity index (χ0n) is 11.4. The van der Waals surface area contributed by atoms with Crippen LogP contribution in [0.4, 0.5) is 4.39 Å². The molecule has 1 saturated carbocycles. The van der Waals surface area contributed by atoms with Crippen molar-refractivity contribution in [3.05, 3.63) is 29.8 Å². The van der Waals surface area contributed by atoms with Gasteiger partial charge in [-0.15, -0.1) is 0 Å². The van der Waals surface area contributed by atoms with Gasteiger partial charge >= 0.3 is 0 Å². The fourth-order valence-electron chi connectivity index (χ4n) is 2.25. The zero-order valence-corrected chi connectivity index (χ0v) is 11.4. The maximum atomic E-state index is 12.7. The summed E-state index contributed by atoms with van der Waals surface area (Å²) in [5, 5.41) is 0. The Kier molecular flexibility index (Phi) is 4.40. The van der Waals surface area contributed by atoms with Crippen molar-refractivity contribution < 1.29 is 13.9 Å². The van der Waals surface area contributed by atoms with Gasteiger partial charge in [0.05, 0.1) is 0 Å². The summed E-state index contributed by atoms with van der Waals surface area (Å²) in [6, 6.07) is 7.60. The van der Waals surface area contributed by atoms with E-state index in [4.69, 9.17) is 4.74 Å². The number of nitrogens with zero attached hydrogens (tertiary/aromatic N) is 1. The molecule has 0 aliphatic heterocycles. The van der Waals surface area contributed by atoms with Crippen LogP contribution >= 0.6 is 0 Å². The topological polar surface area (TPSA) is 29.5 Å². The average Bonchev–Trinajstić information content (AvgIpc) is 2.34. The van der Waals surface area contributed by atoms with Crippen molar-refractivity contribution >= 4 is 5.91 Å². The molecule has 1 amide bonds. The molecule has 0 unspecified atom stereocenters. The fourth-order valence-corrected chi connectivity index (χ4v) is 2.25. The smallest absolute Gasteiger partial charge is 0.260 e. The molecule has 0 heterocycles. The van der Waals surface area contributed by atoms with Gasteiger partial charge in [-0.05, 0) is 43.4 Å². The molecule has 4 heteroatoms. The molecular weight excluding hydrogens is 245 g/mol. The van der Waals surface area contributed by atoms with Gasteiger partial charge in [-0.3, -0.25) is 4.79 Å². The normalized spacial score (nSPS) is 21.6. The lowest BCUT2D eigenvalue weighted by Gasteiger charge is -2.33. The quantitative estimate of drug-likeness (QED) is 0.819. The Bertz CT molecular complexity index is 444. The van der Waals surface area contributed by atoms with Crippen LogP contribution in [0.3, 0.4) is 0 Å². The average molecular weight is 265 g/mol. The lowest BCUT2D eigenvalue weighted by atomic mass is 9.83. The van der Waals surface area contributed by atoms with Crippen LogP contribution in [-0.2, 0) is 4.79 Å². The number of carbonyl (C=O) groups is 1. The number of hydrogen-bond donors (Lipinski definition) is 0. The number of rotatable bonds is 5. The Balaban J connectivity index is 1.74. The summed E-state index contributed by atoms with van der Waals surface area (Å²) in [6.45, 7) is 2.63. The van der Waals surface area contributed by atoms with Crippen molar-refractivity contribution in [1.82, 2.24) is 4.90 Å². The minimum atomic E-state index is -0.669. The Morgan fingerprint density at radius 1 is 1.47 bits per heavy atom. The predicted molar refractivity (Wildman–Crippen MR) is 71.9 cm³/mol. The molecule has 1 aliphatic rings. The van der Waals surface area contributed by atoms with Crippen LogP contribution in [0.25, 0.3) is 0 Å². The van der Waals surface area contributed by atoms with Crippen molar-refractivity contribution in [2.45, 2.75) is 25.9 Å². The summed E-state index contributed by atoms with van der Waals surface area (Å²) in [6.07, 6.45) is 0.490. The van der Waals surface area contributed by atoms with E-state index < -0.39 is 6.17 Å². The molecule has 0 spiro atoms. The molecule has 1 aromatic carbocycles. The lowest BCUT2D eigenvalue weighted by Crippen LogP contribution is -2.40. The molecule has 0 atom stereocenters. The highest BCUT2D eigenvalue weighted by atomic mass is 19.1. The van der Waals surface area contributed by atoms with Crippen molar-refractivity contribution in [3.63, 3.8) is 0 Å².